The van der Waals surface area contributed by atoms with E-state index >= 15 is 0 Å². The van der Waals surface area contributed by atoms with Gasteiger partial charge in [-0.3, -0.25) is 4.90 Å². The van der Waals surface area contributed by atoms with Crippen LogP contribution < -0.4 is 4.74 Å². The summed E-state index contributed by atoms with van der Waals surface area (Å²) in [6.07, 6.45) is 0. The Morgan fingerprint density at radius 3 is 2.43 bits per heavy atom. The Morgan fingerprint density at radius 1 is 1.09 bits per heavy atom. The monoisotopic (exact) mass is 357 g/mol. The number of rotatable bonds is 4. The van der Waals surface area contributed by atoms with Gasteiger partial charge in [-0.1, -0.05) is 35.3 Å². The summed E-state index contributed by atoms with van der Waals surface area (Å²) in [5.41, 5.74) is 3.03. The maximum atomic E-state index is 12.4. The van der Waals surface area contributed by atoms with Crippen molar-refractivity contribution in [2.75, 3.05) is 0 Å². The minimum atomic E-state index is -2.85. The highest BCUT2D eigenvalue weighted by molar-refractivity contribution is 6.31. The zero-order chi connectivity index (χ0) is 16.6. The molecule has 2 aromatic carbocycles. The highest BCUT2D eigenvalue weighted by Crippen LogP contribution is 2.37. The number of hydrogen-bond acceptors (Lipinski definition) is 2. The standard InChI is InChI=1S/C17H15Cl2F2NO/c1-10(11-2-4-13(18)5-3-11)22-8-12-6-14(23-17(20)21)7-16(19)15(12)9-22/h2-7,10,17H,8-9H2,1H3. The average Bonchev–Trinajstić information content (AvgIpc) is 2.91. The molecule has 1 heterocycles. The van der Waals surface area contributed by atoms with Crippen LogP contribution in [0.4, 0.5) is 8.78 Å². The Kier molecular flexibility index (Phi) is 4.76. The molecule has 0 spiro atoms. The Balaban J connectivity index is 1.80. The largest absolute Gasteiger partial charge is 0.435 e. The lowest BCUT2D eigenvalue weighted by atomic mass is 10.1. The van der Waals surface area contributed by atoms with Gasteiger partial charge in [0, 0.05) is 29.2 Å². The number of fused-ring (bicyclic) bond motifs is 1. The van der Waals surface area contributed by atoms with Crippen molar-refractivity contribution in [2.45, 2.75) is 32.7 Å². The number of halogens is 4. The van der Waals surface area contributed by atoms with Crippen molar-refractivity contribution in [2.24, 2.45) is 0 Å². The summed E-state index contributed by atoms with van der Waals surface area (Å²) in [5.74, 6) is 0.102. The second kappa shape index (κ2) is 6.63. The van der Waals surface area contributed by atoms with Gasteiger partial charge in [-0.2, -0.15) is 8.78 Å². The van der Waals surface area contributed by atoms with Gasteiger partial charge in [-0.15, -0.1) is 0 Å². The average molecular weight is 358 g/mol. The Morgan fingerprint density at radius 2 is 1.78 bits per heavy atom. The molecule has 2 nitrogen and oxygen atoms in total. The summed E-state index contributed by atoms with van der Waals surface area (Å²) in [7, 11) is 0. The van der Waals surface area contributed by atoms with Gasteiger partial charge in [0.15, 0.2) is 0 Å². The predicted molar refractivity (Wildman–Crippen MR) is 87.2 cm³/mol. The van der Waals surface area contributed by atoms with Crippen molar-refractivity contribution in [3.63, 3.8) is 0 Å². The maximum Gasteiger partial charge on any atom is 0.387 e. The molecule has 2 aromatic rings. The van der Waals surface area contributed by atoms with Crippen LogP contribution in [0.5, 0.6) is 5.75 Å². The van der Waals surface area contributed by atoms with Crippen LogP contribution in [-0.2, 0) is 13.1 Å². The van der Waals surface area contributed by atoms with E-state index in [2.05, 4.69) is 16.6 Å². The Hall–Kier alpha value is -1.36. The molecule has 0 saturated carbocycles. The lowest BCUT2D eigenvalue weighted by Gasteiger charge is -2.24. The minimum absolute atomic E-state index is 0.102. The Bertz CT molecular complexity index is 706. The van der Waals surface area contributed by atoms with E-state index in [0.29, 0.717) is 23.1 Å². The number of hydrogen-bond donors (Lipinski definition) is 0. The summed E-state index contributed by atoms with van der Waals surface area (Å²) in [5, 5.41) is 1.16. The van der Waals surface area contributed by atoms with E-state index in [9.17, 15) is 8.78 Å². The quantitative estimate of drug-likeness (QED) is 0.698. The van der Waals surface area contributed by atoms with Gasteiger partial charge in [0.25, 0.3) is 0 Å². The van der Waals surface area contributed by atoms with Crippen LogP contribution >= 0.6 is 23.2 Å². The highest BCUT2D eigenvalue weighted by atomic mass is 35.5. The third-order valence-corrected chi connectivity index (χ3v) is 4.71. The Labute approximate surface area is 143 Å². The van der Waals surface area contributed by atoms with Gasteiger partial charge in [0.2, 0.25) is 0 Å². The lowest BCUT2D eigenvalue weighted by Crippen LogP contribution is -2.20. The number of benzene rings is 2. The van der Waals surface area contributed by atoms with E-state index in [4.69, 9.17) is 23.2 Å². The molecule has 0 bridgehead atoms. The first kappa shape index (κ1) is 16.5. The molecule has 122 valence electrons. The van der Waals surface area contributed by atoms with Crippen molar-refractivity contribution in [3.05, 3.63) is 63.1 Å². The van der Waals surface area contributed by atoms with Gasteiger partial charge >= 0.3 is 6.61 Å². The molecule has 0 radical (unpaired) electrons. The van der Waals surface area contributed by atoms with Gasteiger partial charge < -0.3 is 4.74 Å². The summed E-state index contributed by atoms with van der Waals surface area (Å²) >= 11 is 12.1. The van der Waals surface area contributed by atoms with E-state index in [0.717, 1.165) is 16.7 Å². The van der Waals surface area contributed by atoms with Gasteiger partial charge in [0.05, 0.1) is 0 Å². The third-order valence-electron chi connectivity index (χ3n) is 4.12. The van der Waals surface area contributed by atoms with Crippen LogP contribution in [0, 0.1) is 0 Å². The summed E-state index contributed by atoms with van der Waals surface area (Å²) in [6.45, 7) is 0.556. The summed E-state index contributed by atoms with van der Waals surface area (Å²) in [4.78, 5) is 2.23. The molecule has 23 heavy (non-hydrogen) atoms. The first-order valence-corrected chi connectivity index (χ1v) is 7.95. The zero-order valence-corrected chi connectivity index (χ0v) is 13.9. The fourth-order valence-electron chi connectivity index (χ4n) is 2.86. The van der Waals surface area contributed by atoms with Crippen molar-refractivity contribution in [1.29, 1.82) is 0 Å². The maximum absolute atomic E-state index is 12.4. The molecule has 1 aliphatic heterocycles. The molecule has 6 heteroatoms. The molecular weight excluding hydrogens is 343 g/mol. The molecule has 1 unspecified atom stereocenters. The molecule has 0 N–H and O–H groups in total. The molecule has 0 aromatic heterocycles. The number of ether oxygens (including phenoxy) is 1. The fraction of sp³-hybridized carbons (Fsp3) is 0.294. The number of alkyl halides is 2. The van der Waals surface area contributed by atoms with Crippen molar-refractivity contribution < 1.29 is 13.5 Å². The SMILES string of the molecule is CC(c1ccc(Cl)cc1)N1Cc2cc(OC(F)F)cc(Cl)c2C1. The summed E-state index contributed by atoms with van der Waals surface area (Å²) in [6, 6.07) is 10.9. The summed E-state index contributed by atoms with van der Waals surface area (Å²) < 4.78 is 29.2. The molecule has 0 amide bonds. The topological polar surface area (TPSA) is 12.5 Å². The van der Waals surface area contributed by atoms with Crippen LogP contribution in [0.25, 0.3) is 0 Å². The van der Waals surface area contributed by atoms with E-state index in [1.165, 1.54) is 6.07 Å². The second-order valence-electron chi connectivity index (χ2n) is 5.55. The normalized spacial score (nSPS) is 15.7. The second-order valence-corrected chi connectivity index (χ2v) is 6.40. The smallest absolute Gasteiger partial charge is 0.387 e. The van der Waals surface area contributed by atoms with E-state index in [-0.39, 0.29) is 11.8 Å². The third kappa shape index (κ3) is 3.60. The van der Waals surface area contributed by atoms with Gasteiger partial charge in [0.1, 0.15) is 5.75 Å². The molecule has 1 aliphatic rings. The van der Waals surface area contributed by atoms with Crippen LogP contribution in [0.3, 0.4) is 0 Å². The van der Waals surface area contributed by atoms with Gasteiger partial charge in [-0.05, 0) is 47.9 Å². The molecule has 0 saturated heterocycles. The molecule has 0 fully saturated rings. The lowest BCUT2D eigenvalue weighted by molar-refractivity contribution is -0.0498. The highest BCUT2D eigenvalue weighted by Gasteiger charge is 2.27. The van der Waals surface area contributed by atoms with E-state index in [1.54, 1.807) is 6.07 Å². The first-order chi connectivity index (χ1) is 10.9. The zero-order valence-electron chi connectivity index (χ0n) is 12.4. The van der Waals surface area contributed by atoms with Crippen molar-refractivity contribution >= 4 is 23.2 Å². The van der Waals surface area contributed by atoms with Crippen LogP contribution in [0.2, 0.25) is 10.0 Å². The van der Waals surface area contributed by atoms with Crippen molar-refractivity contribution in [3.8, 4) is 5.75 Å². The minimum Gasteiger partial charge on any atom is -0.435 e. The fourth-order valence-corrected chi connectivity index (χ4v) is 3.27. The van der Waals surface area contributed by atoms with Crippen LogP contribution in [-0.4, -0.2) is 11.5 Å². The van der Waals surface area contributed by atoms with Gasteiger partial charge in [-0.25, -0.2) is 0 Å². The van der Waals surface area contributed by atoms with E-state index < -0.39 is 6.61 Å². The predicted octanol–water partition coefficient (Wildman–Crippen LogP) is 5.67. The van der Waals surface area contributed by atoms with E-state index in [1.807, 2.05) is 24.3 Å². The molecular formula is C17H15Cl2F2NO. The molecule has 1 atom stereocenters. The molecule has 3 rings (SSSR count). The number of nitrogens with zero attached hydrogens (tertiary/aromatic N) is 1. The molecule has 0 aliphatic carbocycles. The van der Waals surface area contributed by atoms with Crippen LogP contribution in [0.15, 0.2) is 36.4 Å². The van der Waals surface area contributed by atoms with Crippen molar-refractivity contribution in [1.82, 2.24) is 4.90 Å². The first-order valence-electron chi connectivity index (χ1n) is 7.19. The van der Waals surface area contributed by atoms with Crippen LogP contribution in [0.1, 0.15) is 29.7 Å².